The summed E-state index contributed by atoms with van der Waals surface area (Å²) in [4.78, 5) is 11.7. The second kappa shape index (κ2) is 6.11. The van der Waals surface area contributed by atoms with Gasteiger partial charge in [0.05, 0.1) is 6.04 Å². The van der Waals surface area contributed by atoms with Crippen molar-refractivity contribution in [1.29, 1.82) is 0 Å². The molecule has 1 atom stereocenters. The Morgan fingerprint density at radius 2 is 1.93 bits per heavy atom. The van der Waals surface area contributed by atoms with Crippen LogP contribution in [0, 0.1) is 5.92 Å². The molecule has 0 aromatic carbocycles. The fourth-order valence-electron chi connectivity index (χ4n) is 1.73. The molecule has 0 heterocycles. The first kappa shape index (κ1) is 14.4. The van der Waals surface area contributed by atoms with Crippen LogP contribution in [0.1, 0.15) is 53.9 Å². The molecule has 0 bridgehead atoms. The number of nitrogens with one attached hydrogen (secondary N) is 1. The van der Waals surface area contributed by atoms with Crippen LogP contribution in [0.4, 0.5) is 0 Å². The first-order chi connectivity index (χ1) is 6.78. The van der Waals surface area contributed by atoms with E-state index in [-0.39, 0.29) is 17.5 Å². The molecule has 0 unspecified atom stereocenters. The summed E-state index contributed by atoms with van der Waals surface area (Å²) < 4.78 is 0. The third kappa shape index (κ3) is 6.50. The highest BCUT2D eigenvalue weighted by Gasteiger charge is 2.23. The van der Waals surface area contributed by atoms with E-state index in [2.05, 4.69) is 26.1 Å². The molecule has 0 aromatic rings. The summed E-state index contributed by atoms with van der Waals surface area (Å²) in [6.45, 7) is 10.3. The van der Waals surface area contributed by atoms with Crippen molar-refractivity contribution in [2.75, 3.05) is 0 Å². The minimum atomic E-state index is -0.374. The highest BCUT2D eigenvalue weighted by molar-refractivity contribution is 5.82. The van der Waals surface area contributed by atoms with Gasteiger partial charge in [-0.25, -0.2) is 0 Å². The maximum absolute atomic E-state index is 11.7. The molecular weight excluding hydrogens is 188 g/mol. The molecule has 0 aliphatic rings. The van der Waals surface area contributed by atoms with Gasteiger partial charge in [-0.15, -0.1) is 0 Å². The van der Waals surface area contributed by atoms with Crippen molar-refractivity contribution in [3.63, 3.8) is 0 Å². The number of carbonyl (C=O) groups excluding carboxylic acids is 1. The van der Waals surface area contributed by atoms with Gasteiger partial charge >= 0.3 is 0 Å². The maximum Gasteiger partial charge on any atom is 0.237 e. The van der Waals surface area contributed by atoms with Crippen LogP contribution >= 0.6 is 0 Å². The molecule has 3 heteroatoms. The van der Waals surface area contributed by atoms with E-state index in [9.17, 15) is 4.79 Å². The van der Waals surface area contributed by atoms with Crippen LogP contribution in [0.5, 0.6) is 0 Å². The molecule has 1 amide bonds. The molecule has 0 aliphatic carbocycles. The number of amides is 1. The van der Waals surface area contributed by atoms with E-state index >= 15 is 0 Å². The molecule has 90 valence electrons. The van der Waals surface area contributed by atoms with Gasteiger partial charge in [-0.1, -0.05) is 27.2 Å². The predicted molar refractivity (Wildman–Crippen MR) is 64.6 cm³/mol. The summed E-state index contributed by atoms with van der Waals surface area (Å²) in [7, 11) is 0. The third-order valence-corrected chi connectivity index (χ3v) is 2.40. The molecule has 15 heavy (non-hydrogen) atoms. The van der Waals surface area contributed by atoms with Crippen molar-refractivity contribution in [2.24, 2.45) is 11.7 Å². The van der Waals surface area contributed by atoms with Gasteiger partial charge in [0.1, 0.15) is 0 Å². The van der Waals surface area contributed by atoms with Crippen LogP contribution in [-0.2, 0) is 4.79 Å². The summed E-state index contributed by atoms with van der Waals surface area (Å²) in [5.74, 6) is 0.433. The first-order valence-electron chi connectivity index (χ1n) is 5.86. The summed E-state index contributed by atoms with van der Waals surface area (Å²) >= 11 is 0. The van der Waals surface area contributed by atoms with Gasteiger partial charge in [0, 0.05) is 5.54 Å². The molecule has 0 radical (unpaired) electrons. The Kier molecular flexibility index (Phi) is 5.88. The van der Waals surface area contributed by atoms with Gasteiger partial charge in [-0.05, 0) is 32.6 Å². The first-order valence-corrected chi connectivity index (χ1v) is 5.86. The summed E-state index contributed by atoms with van der Waals surface area (Å²) in [5.41, 5.74) is 5.67. The van der Waals surface area contributed by atoms with Crippen LogP contribution in [0.2, 0.25) is 0 Å². The van der Waals surface area contributed by atoms with Gasteiger partial charge in [0.25, 0.3) is 0 Å². The highest BCUT2D eigenvalue weighted by Crippen LogP contribution is 2.11. The van der Waals surface area contributed by atoms with Gasteiger partial charge in [0.2, 0.25) is 5.91 Å². The van der Waals surface area contributed by atoms with Gasteiger partial charge < -0.3 is 11.1 Å². The molecule has 0 spiro atoms. The zero-order valence-electron chi connectivity index (χ0n) is 10.8. The van der Waals surface area contributed by atoms with Crippen LogP contribution in [0.3, 0.4) is 0 Å². The smallest absolute Gasteiger partial charge is 0.237 e. The Hall–Kier alpha value is -0.570. The fraction of sp³-hybridized carbons (Fsp3) is 0.917. The maximum atomic E-state index is 11.7. The summed E-state index contributed by atoms with van der Waals surface area (Å²) in [6.07, 6.45) is 2.79. The minimum Gasteiger partial charge on any atom is -0.350 e. The van der Waals surface area contributed by atoms with E-state index in [0.29, 0.717) is 5.92 Å². The Balaban J connectivity index is 4.11. The number of carbonyl (C=O) groups is 1. The zero-order valence-corrected chi connectivity index (χ0v) is 10.8. The number of hydrogen-bond donors (Lipinski definition) is 2. The lowest BCUT2D eigenvalue weighted by molar-refractivity contribution is -0.124. The second-order valence-electron chi connectivity index (χ2n) is 5.36. The largest absolute Gasteiger partial charge is 0.350 e. The van der Waals surface area contributed by atoms with Crippen molar-refractivity contribution in [1.82, 2.24) is 5.32 Å². The SMILES string of the molecule is CCCC(C)(C)NC(=O)[C@H](N)CC(C)C. The molecule has 0 rings (SSSR count). The predicted octanol–water partition coefficient (Wildman–Crippen LogP) is 2.05. The summed E-state index contributed by atoms with van der Waals surface area (Å²) in [6, 6.07) is -0.374. The van der Waals surface area contributed by atoms with Crippen molar-refractivity contribution in [3.8, 4) is 0 Å². The van der Waals surface area contributed by atoms with Crippen LogP contribution in [0.15, 0.2) is 0 Å². The quantitative estimate of drug-likeness (QED) is 0.711. The normalized spacial score (nSPS) is 14.1. The number of hydrogen-bond acceptors (Lipinski definition) is 2. The molecule has 0 saturated carbocycles. The van der Waals surface area contributed by atoms with E-state index in [1.165, 1.54) is 0 Å². The third-order valence-electron chi connectivity index (χ3n) is 2.40. The van der Waals surface area contributed by atoms with E-state index in [4.69, 9.17) is 5.73 Å². The Labute approximate surface area is 93.8 Å². The van der Waals surface area contributed by atoms with E-state index in [1.54, 1.807) is 0 Å². The van der Waals surface area contributed by atoms with Crippen molar-refractivity contribution in [2.45, 2.75) is 65.5 Å². The molecular formula is C12H26N2O. The highest BCUT2D eigenvalue weighted by atomic mass is 16.2. The van der Waals surface area contributed by atoms with Gasteiger partial charge in [-0.2, -0.15) is 0 Å². The Morgan fingerprint density at radius 3 is 2.33 bits per heavy atom. The molecule has 0 aromatic heterocycles. The monoisotopic (exact) mass is 214 g/mol. The van der Waals surface area contributed by atoms with E-state index in [1.807, 2.05) is 13.8 Å². The topological polar surface area (TPSA) is 55.1 Å². The Bertz CT molecular complexity index is 200. The molecule has 3 N–H and O–H groups in total. The zero-order chi connectivity index (χ0) is 12.1. The standard InChI is InChI=1S/C12H26N2O/c1-6-7-12(4,5)14-11(15)10(13)8-9(2)3/h9-10H,6-8,13H2,1-5H3,(H,14,15)/t10-/m1/s1. The van der Waals surface area contributed by atoms with Gasteiger partial charge in [0.15, 0.2) is 0 Å². The average Bonchev–Trinajstić information content (AvgIpc) is 2.01. The van der Waals surface area contributed by atoms with E-state index < -0.39 is 0 Å². The van der Waals surface area contributed by atoms with Crippen molar-refractivity contribution >= 4 is 5.91 Å². The Morgan fingerprint density at radius 1 is 1.40 bits per heavy atom. The second-order valence-corrected chi connectivity index (χ2v) is 5.36. The van der Waals surface area contributed by atoms with Crippen molar-refractivity contribution in [3.05, 3.63) is 0 Å². The fourth-order valence-corrected chi connectivity index (χ4v) is 1.73. The van der Waals surface area contributed by atoms with E-state index in [0.717, 1.165) is 19.3 Å². The van der Waals surface area contributed by atoms with Crippen LogP contribution < -0.4 is 11.1 Å². The molecule has 0 fully saturated rings. The lowest BCUT2D eigenvalue weighted by atomic mass is 9.97. The minimum absolute atomic E-state index is 0.0258. The molecule has 3 nitrogen and oxygen atoms in total. The lowest BCUT2D eigenvalue weighted by Gasteiger charge is -2.27. The van der Waals surface area contributed by atoms with Gasteiger partial charge in [-0.3, -0.25) is 4.79 Å². The van der Waals surface area contributed by atoms with Crippen LogP contribution in [-0.4, -0.2) is 17.5 Å². The number of nitrogens with two attached hydrogens (primary N) is 1. The molecule has 0 aliphatic heterocycles. The summed E-state index contributed by atoms with van der Waals surface area (Å²) in [5, 5.41) is 3.00. The lowest BCUT2D eigenvalue weighted by Crippen LogP contribution is -2.50. The molecule has 0 saturated heterocycles. The average molecular weight is 214 g/mol. The van der Waals surface area contributed by atoms with Crippen molar-refractivity contribution < 1.29 is 4.79 Å². The van der Waals surface area contributed by atoms with Crippen LogP contribution in [0.25, 0.3) is 0 Å². The number of rotatable bonds is 6.